The van der Waals surface area contributed by atoms with E-state index < -0.39 is 0 Å². The summed E-state index contributed by atoms with van der Waals surface area (Å²) in [6, 6.07) is 16.0. The van der Waals surface area contributed by atoms with Crippen LogP contribution in [0.3, 0.4) is 0 Å². The summed E-state index contributed by atoms with van der Waals surface area (Å²) >= 11 is 0. The fourth-order valence-corrected chi connectivity index (χ4v) is 2.73. The number of phenolic OH excluding ortho intramolecular Hbond substituents is 1. The lowest BCUT2D eigenvalue weighted by Crippen LogP contribution is -2.26. The van der Waals surface area contributed by atoms with Crippen molar-refractivity contribution in [1.82, 2.24) is 5.32 Å². The molecule has 1 atom stereocenters. The Labute approximate surface area is 125 Å². The van der Waals surface area contributed by atoms with Crippen molar-refractivity contribution >= 4 is 0 Å². The Hall–Kier alpha value is -2.00. The minimum absolute atomic E-state index is 0.200. The number of hydrogen-bond donors (Lipinski definition) is 2. The molecule has 0 spiro atoms. The van der Waals surface area contributed by atoms with Crippen LogP contribution in [-0.4, -0.2) is 11.7 Å². The number of ether oxygens (including phenoxy) is 1. The van der Waals surface area contributed by atoms with Crippen molar-refractivity contribution < 1.29 is 9.84 Å². The minimum atomic E-state index is 0.200. The minimum Gasteiger partial charge on any atom is -0.504 e. The number of nitrogens with one attached hydrogen (secondary N) is 1. The van der Waals surface area contributed by atoms with Gasteiger partial charge in [0.25, 0.3) is 0 Å². The molecule has 3 rings (SSSR count). The quantitative estimate of drug-likeness (QED) is 0.897. The summed E-state index contributed by atoms with van der Waals surface area (Å²) in [4.78, 5) is 0. The van der Waals surface area contributed by atoms with Gasteiger partial charge in [0.2, 0.25) is 0 Å². The van der Waals surface area contributed by atoms with E-state index >= 15 is 0 Å². The second-order valence-corrected chi connectivity index (χ2v) is 5.50. The van der Waals surface area contributed by atoms with Crippen LogP contribution in [0.15, 0.2) is 48.5 Å². The number of rotatable bonds is 4. The van der Waals surface area contributed by atoms with Crippen molar-refractivity contribution in [3.05, 3.63) is 59.7 Å². The van der Waals surface area contributed by atoms with Crippen LogP contribution in [0.4, 0.5) is 0 Å². The van der Waals surface area contributed by atoms with E-state index in [0.29, 0.717) is 18.4 Å². The van der Waals surface area contributed by atoms with Crippen LogP contribution in [-0.2, 0) is 6.61 Å². The molecule has 0 radical (unpaired) electrons. The predicted octanol–water partition coefficient (Wildman–Crippen LogP) is 3.79. The summed E-state index contributed by atoms with van der Waals surface area (Å²) in [5.74, 6) is 0.759. The van der Waals surface area contributed by atoms with Crippen LogP contribution >= 0.6 is 0 Å². The summed E-state index contributed by atoms with van der Waals surface area (Å²) in [6.07, 6.45) is 3.63. The molecule has 0 bridgehead atoms. The van der Waals surface area contributed by atoms with Crippen LogP contribution in [0.25, 0.3) is 0 Å². The van der Waals surface area contributed by atoms with Gasteiger partial charge in [-0.3, -0.25) is 0 Å². The number of hydrogen-bond acceptors (Lipinski definition) is 3. The second kappa shape index (κ2) is 6.64. The normalized spacial score (nSPS) is 18.4. The lowest BCUT2D eigenvalue weighted by atomic mass is 9.97. The van der Waals surface area contributed by atoms with Gasteiger partial charge < -0.3 is 15.2 Å². The molecule has 1 fully saturated rings. The first kappa shape index (κ1) is 14.0. The lowest BCUT2D eigenvalue weighted by Gasteiger charge is -2.24. The molecule has 2 N–H and O–H groups in total. The average Bonchev–Trinajstić information content (AvgIpc) is 2.56. The van der Waals surface area contributed by atoms with Gasteiger partial charge in [-0.05, 0) is 42.6 Å². The molecule has 0 aromatic heterocycles. The smallest absolute Gasteiger partial charge is 0.161 e. The Balaban J connectivity index is 1.72. The Morgan fingerprint density at radius 3 is 2.71 bits per heavy atom. The third-order valence-electron chi connectivity index (χ3n) is 3.93. The van der Waals surface area contributed by atoms with E-state index in [-0.39, 0.29) is 5.75 Å². The third-order valence-corrected chi connectivity index (χ3v) is 3.93. The predicted molar refractivity (Wildman–Crippen MR) is 83.5 cm³/mol. The zero-order valence-corrected chi connectivity index (χ0v) is 12.1. The molecule has 110 valence electrons. The summed E-state index contributed by atoms with van der Waals surface area (Å²) in [7, 11) is 0. The van der Waals surface area contributed by atoms with Crippen LogP contribution in [0.5, 0.6) is 11.5 Å². The van der Waals surface area contributed by atoms with Crippen molar-refractivity contribution in [3.8, 4) is 11.5 Å². The number of aromatic hydroxyl groups is 1. The van der Waals surface area contributed by atoms with Crippen LogP contribution < -0.4 is 10.1 Å². The molecule has 2 aromatic carbocycles. The molecule has 3 nitrogen and oxygen atoms in total. The SMILES string of the molecule is Oc1ccc(C2CCCCN2)cc1OCc1ccccc1. The van der Waals surface area contributed by atoms with Crippen molar-refractivity contribution in [1.29, 1.82) is 0 Å². The van der Waals surface area contributed by atoms with Gasteiger partial charge in [0.15, 0.2) is 11.5 Å². The highest BCUT2D eigenvalue weighted by molar-refractivity contribution is 5.43. The summed E-state index contributed by atoms with van der Waals surface area (Å²) in [5, 5.41) is 13.5. The van der Waals surface area contributed by atoms with E-state index in [2.05, 4.69) is 5.32 Å². The Morgan fingerprint density at radius 1 is 1.10 bits per heavy atom. The molecule has 3 heteroatoms. The number of benzene rings is 2. The van der Waals surface area contributed by atoms with Crippen LogP contribution in [0.1, 0.15) is 36.4 Å². The van der Waals surface area contributed by atoms with Crippen molar-refractivity contribution in [2.24, 2.45) is 0 Å². The Bertz CT molecular complexity index is 577. The second-order valence-electron chi connectivity index (χ2n) is 5.50. The molecule has 21 heavy (non-hydrogen) atoms. The first-order valence-corrected chi connectivity index (χ1v) is 7.56. The van der Waals surface area contributed by atoms with E-state index in [9.17, 15) is 5.11 Å². The molecule has 2 aromatic rings. The Kier molecular flexibility index (Phi) is 4.41. The van der Waals surface area contributed by atoms with Gasteiger partial charge in [0, 0.05) is 6.04 Å². The molecule has 0 saturated carbocycles. The zero-order chi connectivity index (χ0) is 14.5. The number of phenols is 1. The molecular weight excluding hydrogens is 262 g/mol. The van der Waals surface area contributed by atoms with Gasteiger partial charge in [-0.1, -0.05) is 42.8 Å². The van der Waals surface area contributed by atoms with Crippen LogP contribution in [0.2, 0.25) is 0 Å². The molecular formula is C18H21NO2. The molecule has 0 amide bonds. The summed E-state index contributed by atoms with van der Waals surface area (Å²) < 4.78 is 5.78. The maximum atomic E-state index is 9.97. The first-order valence-electron chi connectivity index (χ1n) is 7.56. The largest absolute Gasteiger partial charge is 0.504 e. The number of piperidine rings is 1. The average molecular weight is 283 g/mol. The topological polar surface area (TPSA) is 41.5 Å². The van der Waals surface area contributed by atoms with E-state index in [1.807, 2.05) is 42.5 Å². The van der Waals surface area contributed by atoms with E-state index in [4.69, 9.17) is 4.74 Å². The zero-order valence-electron chi connectivity index (χ0n) is 12.1. The van der Waals surface area contributed by atoms with Gasteiger partial charge in [-0.2, -0.15) is 0 Å². The van der Waals surface area contributed by atoms with Crippen molar-refractivity contribution in [3.63, 3.8) is 0 Å². The highest BCUT2D eigenvalue weighted by Crippen LogP contribution is 2.32. The summed E-state index contributed by atoms with van der Waals surface area (Å²) in [5.41, 5.74) is 2.29. The molecule has 0 aliphatic carbocycles. The fraction of sp³-hybridized carbons (Fsp3) is 0.333. The van der Waals surface area contributed by atoms with Crippen LogP contribution in [0, 0.1) is 0 Å². The highest BCUT2D eigenvalue weighted by atomic mass is 16.5. The molecule has 1 saturated heterocycles. The van der Waals surface area contributed by atoms with E-state index in [1.165, 1.54) is 18.4 Å². The van der Waals surface area contributed by atoms with Gasteiger partial charge in [-0.15, -0.1) is 0 Å². The molecule has 1 unspecified atom stereocenters. The van der Waals surface area contributed by atoms with Gasteiger partial charge in [-0.25, -0.2) is 0 Å². The fourth-order valence-electron chi connectivity index (χ4n) is 2.73. The monoisotopic (exact) mass is 283 g/mol. The maximum Gasteiger partial charge on any atom is 0.161 e. The third kappa shape index (κ3) is 3.56. The molecule has 1 heterocycles. The van der Waals surface area contributed by atoms with Gasteiger partial charge in [0.1, 0.15) is 6.61 Å². The summed E-state index contributed by atoms with van der Waals surface area (Å²) in [6.45, 7) is 1.53. The van der Waals surface area contributed by atoms with Crippen molar-refractivity contribution in [2.75, 3.05) is 6.54 Å². The highest BCUT2D eigenvalue weighted by Gasteiger charge is 2.16. The molecule has 1 aliphatic heterocycles. The van der Waals surface area contributed by atoms with Gasteiger partial charge >= 0.3 is 0 Å². The van der Waals surface area contributed by atoms with Crippen molar-refractivity contribution in [2.45, 2.75) is 31.9 Å². The van der Waals surface area contributed by atoms with Gasteiger partial charge in [0.05, 0.1) is 0 Å². The maximum absolute atomic E-state index is 9.97. The first-order chi connectivity index (χ1) is 10.3. The Morgan fingerprint density at radius 2 is 1.95 bits per heavy atom. The molecule has 1 aliphatic rings. The lowest BCUT2D eigenvalue weighted by molar-refractivity contribution is 0.288. The van der Waals surface area contributed by atoms with E-state index in [0.717, 1.165) is 18.5 Å². The van der Waals surface area contributed by atoms with E-state index in [1.54, 1.807) is 6.07 Å². The standard InChI is InChI=1S/C18H21NO2/c20-17-10-9-15(16-8-4-5-11-19-16)12-18(17)21-13-14-6-2-1-3-7-14/h1-3,6-7,9-10,12,16,19-20H,4-5,8,11,13H2.